The number of nitrogens with one attached hydrogen (secondary N) is 1. The van der Waals surface area contributed by atoms with Gasteiger partial charge in [0.25, 0.3) is 0 Å². The first-order valence-corrected chi connectivity index (χ1v) is 6.34. The van der Waals surface area contributed by atoms with Gasteiger partial charge in [-0.25, -0.2) is 0 Å². The van der Waals surface area contributed by atoms with Crippen molar-refractivity contribution in [3.05, 3.63) is 22.7 Å². The number of benzene rings is 1. The van der Waals surface area contributed by atoms with Crippen molar-refractivity contribution >= 4 is 11.6 Å². The van der Waals surface area contributed by atoms with Crippen LogP contribution in [0.3, 0.4) is 0 Å². The van der Waals surface area contributed by atoms with Gasteiger partial charge in [-0.05, 0) is 49.9 Å². The summed E-state index contributed by atoms with van der Waals surface area (Å²) in [5, 5.41) is 14.0. The summed E-state index contributed by atoms with van der Waals surface area (Å²) in [4.78, 5) is 0. The Hall–Kier alpha value is -0.930. The van der Waals surface area contributed by atoms with Gasteiger partial charge in [0.05, 0.1) is 7.11 Å². The number of hydrogen-bond acceptors (Lipinski definition) is 3. The third-order valence-electron chi connectivity index (χ3n) is 3.25. The normalized spacial score (nSPS) is 20.2. The van der Waals surface area contributed by atoms with E-state index in [2.05, 4.69) is 5.32 Å². The fraction of sp³-hybridized carbons (Fsp3) is 0.538. The average Bonchev–Trinajstić information content (AvgIpc) is 2.34. The van der Waals surface area contributed by atoms with Crippen molar-refractivity contribution in [2.45, 2.75) is 19.3 Å². The molecule has 0 aliphatic carbocycles. The molecule has 1 atom stereocenters. The lowest BCUT2D eigenvalue weighted by Crippen LogP contribution is -2.30. The van der Waals surface area contributed by atoms with Crippen LogP contribution in [0.2, 0.25) is 5.02 Å². The van der Waals surface area contributed by atoms with Gasteiger partial charge in [-0.3, -0.25) is 0 Å². The molecule has 1 fully saturated rings. The van der Waals surface area contributed by atoms with Crippen molar-refractivity contribution in [3.63, 3.8) is 0 Å². The minimum Gasteiger partial charge on any atom is -0.504 e. The number of ether oxygens (including phenoxy) is 1. The van der Waals surface area contributed by atoms with Gasteiger partial charge in [-0.2, -0.15) is 0 Å². The van der Waals surface area contributed by atoms with E-state index < -0.39 is 0 Å². The van der Waals surface area contributed by atoms with Crippen molar-refractivity contribution < 1.29 is 9.84 Å². The molecule has 0 aromatic heterocycles. The molecular formula is C13H18ClNO2. The Kier molecular flexibility index (Phi) is 4.13. The summed E-state index contributed by atoms with van der Waals surface area (Å²) in [5.41, 5.74) is 0.878. The lowest BCUT2D eigenvalue weighted by molar-refractivity contribution is 0.354. The zero-order valence-electron chi connectivity index (χ0n) is 10.0. The second kappa shape index (κ2) is 5.61. The molecule has 1 aliphatic rings. The Balaban J connectivity index is 2.16. The van der Waals surface area contributed by atoms with E-state index in [1.165, 1.54) is 20.0 Å². The Labute approximate surface area is 107 Å². The van der Waals surface area contributed by atoms with Crippen LogP contribution in [0.4, 0.5) is 0 Å². The predicted octanol–water partition coefficient (Wildman–Crippen LogP) is 2.60. The summed E-state index contributed by atoms with van der Waals surface area (Å²) >= 11 is 6.01. The van der Waals surface area contributed by atoms with Crippen LogP contribution in [0.15, 0.2) is 12.1 Å². The average molecular weight is 256 g/mol. The van der Waals surface area contributed by atoms with Crippen LogP contribution in [-0.4, -0.2) is 25.3 Å². The number of aromatic hydroxyl groups is 1. The number of piperidine rings is 1. The summed E-state index contributed by atoms with van der Waals surface area (Å²) in [6, 6.07) is 3.47. The highest BCUT2D eigenvalue weighted by Gasteiger charge is 2.17. The van der Waals surface area contributed by atoms with E-state index in [4.69, 9.17) is 16.3 Å². The van der Waals surface area contributed by atoms with E-state index in [1.807, 2.05) is 6.07 Å². The van der Waals surface area contributed by atoms with Crippen molar-refractivity contribution in [2.75, 3.05) is 20.2 Å². The van der Waals surface area contributed by atoms with Gasteiger partial charge in [0.1, 0.15) is 0 Å². The highest BCUT2D eigenvalue weighted by atomic mass is 35.5. The predicted molar refractivity (Wildman–Crippen MR) is 69.0 cm³/mol. The van der Waals surface area contributed by atoms with Gasteiger partial charge in [-0.1, -0.05) is 11.6 Å². The number of phenols is 1. The summed E-state index contributed by atoms with van der Waals surface area (Å²) in [6.45, 7) is 2.11. The highest BCUT2D eigenvalue weighted by Crippen LogP contribution is 2.35. The molecule has 0 spiro atoms. The van der Waals surface area contributed by atoms with Crippen molar-refractivity contribution in [3.8, 4) is 11.5 Å². The largest absolute Gasteiger partial charge is 0.504 e. The van der Waals surface area contributed by atoms with E-state index >= 15 is 0 Å². The molecule has 1 heterocycles. The van der Waals surface area contributed by atoms with Crippen LogP contribution in [-0.2, 0) is 6.42 Å². The highest BCUT2D eigenvalue weighted by molar-refractivity contribution is 6.30. The van der Waals surface area contributed by atoms with Gasteiger partial charge < -0.3 is 15.2 Å². The number of rotatable bonds is 3. The quantitative estimate of drug-likeness (QED) is 0.872. The van der Waals surface area contributed by atoms with Gasteiger partial charge >= 0.3 is 0 Å². The molecule has 4 heteroatoms. The molecule has 1 saturated heterocycles. The first-order chi connectivity index (χ1) is 8.20. The summed E-state index contributed by atoms with van der Waals surface area (Å²) < 4.78 is 5.11. The number of phenolic OH excluding ortho intramolecular Hbond substituents is 1. The Morgan fingerprint density at radius 3 is 3.00 bits per heavy atom. The van der Waals surface area contributed by atoms with Gasteiger partial charge in [0.2, 0.25) is 0 Å². The van der Waals surface area contributed by atoms with Crippen LogP contribution >= 0.6 is 11.6 Å². The molecule has 0 saturated carbocycles. The summed E-state index contributed by atoms with van der Waals surface area (Å²) in [6.07, 6.45) is 3.24. The topological polar surface area (TPSA) is 41.5 Å². The number of methoxy groups -OCH3 is 1. The lowest BCUT2D eigenvalue weighted by Gasteiger charge is -2.23. The number of hydrogen-bond donors (Lipinski definition) is 2. The Morgan fingerprint density at radius 2 is 2.35 bits per heavy atom. The van der Waals surface area contributed by atoms with Crippen LogP contribution in [0.5, 0.6) is 11.5 Å². The van der Waals surface area contributed by atoms with E-state index in [1.54, 1.807) is 6.07 Å². The van der Waals surface area contributed by atoms with Crippen molar-refractivity contribution in [1.82, 2.24) is 5.32 Å². The molecule has 94 valence electrons. The molecule has 3 nitrogen and oxygen atoms in total. The molecular weight excluding hydrogens is 238 g/mol. The van der Waals surface area contributed by atoms with Crippen LogP contribution < -0.4 is 10.1 Å². The SMILES string of the molecule is COc1cc(Cl)cc(CC2CCCNC2)c1O. The van der Waals surface area contributed by atoms with Gasteiger partial charge in [-0.15, -0.1) is 0 Å². The maximum absolute atomic E-state index is 10.0. The maximum Gasteiger partial charge on any atom is 0.162 e. The summed E-state index contributed by atoms with van der Waals surface area (Å²) in [5.74, 6) is 1.25. The molecule has 1 aromatic carbocycles. The molecule has 0 radical (unpaired) electrons. The number of halogens is 1. The van der Waals surface area contributed by atoms with Crippen molar-refractivity contribution in [2.24, 2.45) is 5.92 Å². The third-order valence-corrected chi connectivity index (χ3v) is 3.46. The third kappa shape index (κ3) is 3.05. The Bertz CT molecular complexity index is 389. The minimum atomic E-state index is 0.225. The van der Waals surface area contributed by atoms with E-state index in [0.29, 0.717) is 16.7 Å². The van der Waals surface area contributed by atoms with Gasteiger partial charge in [0.15, 0.2) is 11.5 Å². The fourth-order valence-corrected chi connectivity index (χ4v) is 2.58. The van der Waals surface area contributed by atoms with Crippen LogP contribution in [0, 0.1) is 5.92 Å². The maximum atomic E-state index is 10.0. The van der Waals surface area contributed by atoms with E-state index in [9.17, 15) is 5.11 Å². The molecule has 2 rings (SSSR count). The van der Waals surface area contributed by atoms with E-state index in [0.717, 1.165) is 25.1 Å². The summed E-state index contributed by atoms with van der Waals surface area (Å²) in [7, 11) is 1.54. The molecule has 17 heavy (non-hydrogen) atoms. The smallest absolute Gasteiger partial charge is 0.162 e. The van der Waals surface area contributed by atoms with Crippen LogP contribution in [0.25, 0.3) is 0 Å². The molecule has 0 amide bonds. The first-order valence-electron chi connectivity index (χ1n) is 5.97. The van der Waals surface area contributed by atoms with E-state index in [-0.39, 0.29) is 5.75 Å². The zero-order valence-corrected chi connectivity index (χ0v) is 10.8. The Morgan fingerprint density at radius 1 is 1.53 bits per heavy atom. The molecule has 2 N–H and O–H groups in total. The molecule has 1 aromatic rings. The monoisotopic (exact) mass is 255 g/mol. The minimum absolute atomic E-state index is 0.225. The fourth-order valence-electron chi connectivity index (χ4n) is 2.35. The molecule has 0 bridgehead atoms. The second-order valence-electron chi connectivity index (χ2n) is 4.53. The molecule has 1 aliphatic heterocycles. The standard InChI is InChI=1S/C13H18ClNO2/c1-17-12-7-11(14)6-10(13(12)16)5-9-3-2-4-15-8-9/h6-7,9,15-16H,2-5,8H2,1H3. The lowest BCUT2D eigenvalue weighted by atomic mass is 9.92. The zero-order chi connectivity index (χ0) is 12.3. The van der Waals surface area contributed by atoms with Crippen LogP contribution in [0.1, 0.15) is 18.4 Å². The second-order valence-corrected chi connectivity index (χ2v) is 4.97. The molecule has 1 unspecified atom stereocenters. The van der Waals surface area contributed by atoms with Gasteiger partial charge in [0, 0.05) is 11.1 Å². The first kappa shape index (κ1) is 12.5. The van der Waals surface area contributed by atoms with Crippen molar-refractivity contribution in [1.29, 1.82) is 0 Å².